The van der Waals surface area contributed by atoms with Gasteiger partial charge in [0.15, 0.2) is 0 Å². The van der Waals surface area contributed by atoms with Crippen molar-refractivity contribution in [2.45, 2.75) is 19.6 Å². The first-order valence-corrected chi connectivity index (χ1v) is 3.95. The molecule has 13 heavy (non-hydrogen) atoms. The van der Waals surface area contributed by atoms with E-state index in [9.17, 15) is 4.79 Å². The van der Waals surface area contributed by atoms with Crippen LogP contribution in [0.2, 0.25) is 0 Å². The number of esters is 1. The van der Waals surface area contributed by atoms with Gasteiger partial charge in [-0.1, -0.05) is 0 Å². The van der Waals surface area contributed by atoms with E-state index in [1.165, 1.54) is 0 Å². The van der Waals surface area contributed by atoms with Gasteiger partial charge in [-0.15, -0.1) is 10.2 Å². The number of nitrogens with zero attached hydrogens (tertiary/aromatic N) is 4. The molecule has 2 heterocycles. The Morgan fingerprint density at radius 3 is 2.77 bits per heavy atom. The molecule has 0 N–H and O–H groups in total. The van der Waals surface area contributed by atoms with Gasteiger partial charge in [-0.2, -0.15) is 0 Å². The Balaban J connectivity index is 2.18. The van der Waals surface area contributed by atoms with E-state index in [0.717, 1.165) is 0 Å². The SMILES string of the molecule is CCOC(=O)C1=NC(C)=NC12N=N2. The molecule has 0 aromatic carbocycles. The highest BCUT2D eigenvalue weighted by Crippen LogP contribution is 2.35. The van der Waals surface area contributed by atoms with Crippen LogP contribution < -0.4 is 0 Å². The minimum absolute atomic E-state index is 0.173. The summed E-state index contributed by atoms with van der Waals surface area (Å²) in [5, 5.41) is 7.35. The second kappa shape index (κ2) is 2.45. The van der Waals surface area contributed by atoms with Crippen LogP contribution in [-0.2, 0) is 9.53 Å². The van der Waals surface area contributed by atoms with Crippen LogP contribution in [0.4, 0.5) is 0 Å². The number of rotatable bonds is 2. The molecule has 0 amide bonds. The maximum absolute atomic E-state index is 11.3. The van der Waals surface area contributed by atoms with E-state index in [0.29, 0.717) is 12.4 Å². The molecule has 6 heteroatoms. The Labute approximate surface area is 74.4 Å². The molecule has 2 rings (SSSR count). The number of carbonyl (C=O) groups excluding carboxylic acids is 1. The lowest BCUT2D eigenvalue weighted by Gasteiger charge is -2.02. The largest absolute Gasteiger partial charge is 0.461 e. The first-order valence-electron chi connectivity index (χ1n) is 3.95. The zero-order valence-electron chi connectivity index (χ0n) is 7.31. The molecule has 0 atom stereocenters. The molecule has 68 valence electrons. The van der Waals surface area contributed by atoms with Crippen LogP contribution in [-0.4, -0.2) is 29.9 Å². The van der Waals surface area contributed by atoms with E-state index in [1.807, 2.05) is 0 Å². The first kappa shape index (κ1) is 8.03. The molecule has 0 bridgehead atoms. The number of hydrogen-bond acceptors (Lipinski definition) is 6. The highest BCUT2D eigenvalue weighted by molar-refractivity contribution is 6.43. The predicted molar refractivity (Wildman–Crippen MR) is 44.8 cm³/mol. The molecular formula is C7H8N4O2. The van der Waals surface area contributed by atoms with E-state index in [1.54, 1.807) is 13.8 Å². The summed E-state index contributed by atoms with van der Waals surface area (Å²) in [7, 11) is 0. The summed E-state index contributed by atoms with van der Waals surface area (Å²) in [5.41, 5.74) is 0.173. The number of ether oxygens (including phenoxy) is 1. The van der Waals surface area contributed by atoms with Gasteiger partial charge in [-0.25, -0.2) is 14.8 Å². The molecule has 6 nitrogen and oxygen atoms in total. The zero-order valence-corrected chi connectivity index (χ0v) is 7.31. The van der Waals surface area contributed by atoms with Crippen molar-refractivity contribution < 1.29 is 9.53 Å². The van der Waals surface area contributed by atoms with Crippen LogP contribution in [0.15, 0.2) is 20.2 Å². The monoisotopic (exact) mass is 180 g/mol. The first-order chi connectivity index (χ1) is 6.18. The van der Waals surface area contributed by atoms with E-state index >= 15 is 0 Å². The fourth-order valence-electron chi connectivity index (χ4n) is 1.11. The summed E-state index contributed by atoms with van der Waals surface area (Å²) in [6.45, 7) is 3.74. The second-order valence-corrected chi connectivity index (χ2v) is 2.68. The summed E-state index contributed by atoms with van der Waals surface area (Å²) in [5.74, 6) is -1.02. The van der Waals surface area contributed by atoms with Crippen molar-refractivity contribution in [3.8, 4) is 0 Å². The van der Waals surface area contributed by atoms with Gasteiger partial charge in [0.25, 0.3) is 0 Å². The molecule has 0 fully saturated rings. The fraction of sp³-hybridized carbons (Fsp3) is 0.571. The molecule has 2 aliphatic rings. The van der Waals surface area contributed by atoms with E-state index in [-0.39, 0.29) is 5.71 Å². The maximum atomic E-state index is 11.3. The maximum Gasteiger partial charge on any atom is 0.359 e. The third kappa shape index (κ3) is 1.14. The fourth-order valence-corrected chi connectivity index (χ4v) is 1.11. The molecule has 0 saturated heterocycles. The lowest BCUT2D eigenvalue weighted by molar-refractivity contribution is -0.135. The van der Waals surface area contributed by atoms with Crippen molar-refractivity contribution in [1.29, 1.82) is 0 Å². The van der Waals surface area contributed by atoms with Crippen LogP contribution in [0.3, 0.4) is 0 Å². The van der Waals surface area contributed by atoms with Crippen LogP contribution in [0.5, 0.6) is 0 Å². The van der Waals surface area contributed by atoms with Crippen LogP contribution >= 0.6 is 0 Å². The Morgan fingerprint density at radius 1 is 1.54 bits per heavy atom. The summed E-state index contributed by atoms with van der Waals surface area (Å²) in [6.07, 6.45) is 0. The highest BCUT2D eigenvalue weighted by Gasteiger charge is 2.53. The molecule has 1 spiro atoms. The minimum Gasteiger partial charge on any atom is -0.461 e. The van der Waals surface area contributed by atoms with Gasteiger partial charge in [0.1, 0.15) is 5.84 Å². The van der Waals surface area contributed by atoms with Crippen molar-refractivity contribution in [1.82, 2.24) is 0 Å². The molecule has 0 unspecified atom stereocenters. The summed E-state index contributed by atoms with van der Waals surface area (Å²) in [6, 6.07) is 0. The smallest absolute Gasteiger partial charge is 0.359 e. The van der Waals surface area contributed by atoms with E-state index < -0.39 is 11.8 Å². The zero-order chi connectivity index (χ0) is 9.47. The third-order valence-electron chi connectivity index (χ3n) is 1.67. The van der Waals surface area contributed by atoms with Crippen molar-refractivity contribution in [2.24, 2.45) is 20.2 Å². The van der Waals surface area contributed by atoms with Crippen LogP contribution in [0.1, 0.15) is 13.8 Å². The topological polar surface area (TPSA) is 75.7 Å². The van der Waals surface area contributed by atoms with Crippen molar-refractivity contribution in [3.63, 3.8) is 0 Å². The molecule has 0 aromatic heterocycles. The highest BCUT2D eigenvalue weighted by atomic mass is 16.5. The van der Waals surface area contributed by atoms with E-state index in [4.69, 9.17) is 4.74 Å². The van der Waals surface area contributed by atoms with Gasteiger partial charge in [-0.05, 0) is 13.8 Å². The summed E-state index contributed by atoms with van der Waals surface area (Å²) >= 11 is 0. The lowest BCUT2D eigenvalue weighted by atomic mass is 10.2. The molecule has 0 aromatic rings. The molecule has 0 radical (unpaired) electrons. The van der Waals surface area contributed by atoms with Crippen LogP contribution in [0, 0.1) is 0 Å². The van der Waals surface area contributed by atoms with E-state index in [2.05, 4.69) is 20.2 Å². The van der Waals surface area contributed by atoms with Gasteiger partial charge in [0.05, 0.1) is 6.61 Å². The Hall–Kier alpha value is -1.59. The number of amidine groups is 1. The normalized spacial score (nSPS) is 21.4. The molecule has 2 aliphatic heterocycles. The molecular weight excluding hydrogens is 172 g/mol. The molecule has 0 saturated carbocycles. The predicted octanol–water partition coefficient (Wildman–Crippen LogP) is 0.542. The average Bonchev–Trinajstić information content (AvgIpc) is 2.72. The Kier molecular flexibility index (Phi) is 1.51. The summed E-state index contributed by atoms with van der Waals surface area (Å²) < 4.78 is 4.79. The molecule has 0 aliphatic carbocycles. The third-order valence-corrected chi connectivity index (χ3v) is 1.67. The van der Waals surface area contributed by atoms with Crippen molar-refractivity contribution >= 4 is 17.5 Å². The van der Waals surface area contributed by atoms with Crippen LogP contribution in [0.25, 0.3) is 0 Å². The van der Waals surface area contributed by atoms with Crippen molar-refractivity contribution in [2.75, 3.05) is 6.61 Å². The van der Waals surface area contributed by atoms with Gasteiger partial charge >= 0.3 is 11.8 Å². The number of hydrogen-bond donors (Lipinski definition) is 0. The van der Waals surface area contributed by atoms with Gasteiger partial charge in [-0.3, -0.25) is 0 Å². The second-order valence-electron chi connectivity index (χ2n) is 2.68. The average molecular weight is 180 g/mol. The minimum atomic E-state index is -1.03. The Bertz CT molecular complexity index is 350. The van der Waals surface area contributed by atoms with Crippen molar-refractivity contribution in [3.05, 3.63) is 0 Å². The number of aliphatic imine (C=N–C) groups is 2. The van der Waals surface area contributed by atoms with Gasteiger partial charge in [0.2, 0.25) is 5.71 Å². The van der Waals surface area contributed by atoms with Gasteiger partial charge < -0.3 is 4.74 Å². The lowest BCUT2D eigenvalue weighted by Crippen LogP contribution is -2.29. The summed E-state index contributed by atoms with van der Waals surface area (Å²) in [4.78, 5) is 19.2. The number of carbonyl (C=O) groups is 1. The standard InChI is InChI=1S/C7H8N4O2/c1-3-13-6(12)5-7(10-11-7)9-4(2)8-5/h3H2,1-2H3. The van der Waals surface area contributed by atoms with Gasteiger partial charge in [0, 0.05) is 0 Å². The quantitative estimate of drug-likeness (QED) is 0.581. The Morgan fingerprint density at radius 2 is 2.23 bits per heavy atom.